The minimum Gasteiger partial charge on any atom is -0.377 e. The zero-order chi connectivity index (χ0) is 15.8. The Balaban J connectivity index is 1.35. The Labute approximate surface area is 142 Å². The van der Waals surface area contributed by atoms with E-state index in [9.17, 15) is 4.79 Å². The highest BCUT2D eigenvalue weighted by atomic mass is 35.5. The first-order valence-corrected chi connectivity index (χ1v) is 8.97. The van der Waals surface area contributed by atoms with Gasteiger partial charge in [0.05, 0.1) is 6.10 Å². The van der Waals surface area contributed by atoms with Crippen LogP contribution in [-0.4, -0.2) is 60.6 Å². The van der Waals surface area contributed by atoms with E-state index in [0.29, 0.717) is 22.7 Å². The van der Waals surface area contributed by atoms with Crippen molar-refractivity contribution in [2.75, 3.05) is 32.8 Å². The van der Waals surface area contributed by atoms with E-state index in [-0.39, 0.29) is 5.91 Å². The number of halogens is 1. The van der Waals surface area contributed by atoms with Gasteiger partial charge in [-0.05, 0) is 43.4 Å². The third-order valence-corrected chi connectivity index (χ3v) is 5.44. The Morgan fingerprint density at radius 3 is 2.91 bits per heavy atom. The van der Waals surface area contributed by atoms with Crippen molar-refractivity contribution in [1.82, 2.24) is 9.80 Å². The number of piperazine rings is 1. The van der Waals surface area contributed by atoms with E-state index in [1.165, 1.54) is 12.8 Å². The SMILES string of the molecule is O=C(c1cccc(Cl)c1)N1CCN2C[C@H](OCC3CC3)C[C@H]2C1. The summed E-state index contributed by atoms with van der Waals surface area (Å²) < 4.78 is 6.05. The summed E-state index contributed by atoms with van der Waals surface area (Å²) in [6, 6.07) is 7.68. The molecule has 1 aromatic carbocycles. The molecule has 0 aromatic heterocycles. The number of carbonyl (C=O) groups excluding carboxylic acids is 1. The number of benzene rings is 1. The van der Waals surface area contributed by atoms with Gasteiger partial charge in [-0.25, -0.2) is 0 Å². The molecule has 0 bridgehead atoms. The molecule has 0 N–H and O–H groups in total. The third-order valence-electron chi connectivity index (χ3n) is 5.20. The molecular formula is C18H23ClN2O2. The van der Waals surface area contributed by atoms with Crippen molar-refractivity contribution >= 4 is 17.5 Å². The molecule has 2 aliphatic heterocycles. The van der Waals surface area contributed by atoms with Gasteiger partial charge in [0.15, 0.2) is 0 Å². The van der Waals surface area contributed by atoms with Gasteiger partial charge in [0.2, 0.25) is 0 Å². The lowest BCUT2D eigenvalue weighted by Crippen LogP contribution is -2.52. The maximum Gasteiger partial charge on any atom is 0.254 e. The van der Waals surface area contributed by atoms with Crippen LogP contribution in [0.5, 0.6) is 0 Å². The highest BCUT2D eigenvalue weighted by molar-refractivity contribution is 6.30. The summed E-state index contributed by atoms with van der Waals surface area (Å²) in [5, 5.41) is 0.615. The zero-order valence-electron chi connectivity index (χ0n) is 13.3. The lowest BCUT2D eigenvalue weighted by Gasteiger charge is -2.37. The molecule has 3 aliphatic rings. The molecule has 4 nitrogen and oxygen atoms in total. The van der Waals surface area contributed by atoms with Crippen LogP contribution in [0.25, 0.3) is 0 Å². The molecule has 0 radical (unpaired) electrons. The summed E-state index contributed by atoms with van der Waals surface area (Å²) >= 11 is 6.01. The van der Waals surface area contributed by atoms with Crippen LogP contribution in [0, 0.1) is 5.92 Å². The van der Waals surface area contributed by atoms with Crippen LogP contribution in [0.1, 0.15) is 29.6 Å². The van der Waals surface area contributed by atoms with Gasteiger partial charge in [0.25, 0.3) is 5.91 Å². The van der Waals surface area contributed by atoms with Gasteiger partial charge in [-0.1, -0.05) is 17.7 Å². The summed E-state index contributed by atoms with van der Waals surface area (Å²) in [5.74, 6) is 0.906. The van der Waals surface area contributed by atoms with Gasteiger partial charge in [-0.15, -0.1) is 0 Å². The van der Waals surface area contributed by atoms with Crippen molar-refractivity contribution in [2.45, 2.75) is 31.4 Å². The fourth-order valence-electron chi connectivity index (χ4n) is 3.66. The second kappa shape index (κ2) is 6.42. The van der Waals surface area contributed by atoms with Crippen molar-refractivity contribution < 1.29 is 9.53 Å². The van der Waals surface area contributed by atoms with Crippen molar-refractivity contribution in [1.29, 1.82) is 0 Å². The molecule has 2 atom stereocenters. The predicted molar refractivity (Wildman–Crippen MR) is 89.8 cm³/mol. The van der Waals surface area contributed by atoms with Gasteiger partial charge in [-0.3, -0.25) is 9.69 Å². The van der Waals surface area contributed by atoms with E-state index >= 15 is 0 Å². The largest absolute Gasteiger partial charge is 0.377 e. The van der Waals surface area contributed by atoms with Crippen LogP contribution in [0.3, 0.4) is 0 Å². The topological polar surface area (TPSA) is 32.8 Å². The van der Waals surface area contributed by atoms with E-state index in [2.05, 4.69) is 4.90 Å². The van der Waals surface area contributed by atoms with Crippen LogP contribution in [0.2, 0.25) is 5.02 Å². The van der Waals surface area contributed by atoms with Crippen LogP contribution >= 0.6 is 11.6 Å². The van der Waals surface area contributed by atoms with Crippen molar-refractivity contribution in [3.05, 3.63) is 34.9 Å². The predicted octanol–water partition coefficient (Wildman–Crippen LogP) is 2.67. The Bertz CT molecular complexity index is 590. The summed E-state index contributed by atoms with van der Waals surface area (Å²) in [6.45, 7) is 4.49. The number of nitrogens with zero attached hydrogens (tertiary/aromatic N) is 2. The fourth-order valence-corrected chi connectivity index (χ4v) is 3.85. The molecule has 4 rings (SSSR count). The van der Waals surface area contributed by atoms with Crippen LogP contribution in [-0.2, 0) is 4.74 Å². The minimum absolute atomic E-state index is 0.0921. The summed E-state index contributed by atoms with van der Waals surface area (Å²) in [7, 11) is 0. The number of carbonyl (C=O) groups is 1. The highest BCUT2D eigenvalue weighted by Crippen LogP contribution is 2.31. The Kier molecular flexibility index (Phi) is 4.31. The van der Waals surface area contributed by atoms with E-state index in [4.69, 9.17) is 16.3 Å². The van der Waals surface area contributed by atoms with Gasteiger partial charge >= 0.3 is 0 Å². The number of ether oxygens (including phenoxy) is 1. The van der Waals surface area contributed by atoms with E-state index in [0.717, 1.165) is 45.1 Å². The molecule has 0 unspecified atom stereocenters. The lowest BCUT2D eigenvalue weighted by atomic mass is 10.1. The first-order chi connectivity index (χ1) is 11.2. The molecule has 3 fully saturated rings. The average molecular weight is 335 g/mol. The van der Waals surface area contributed by atoms with Crippen LogP contribution in [0.4, 0.5) is 0 Å². The molecule has 2 heterocycles. The molecule has 1 aromatic rings. The van der Waals surface area contributed by atoms with Crippen LogP contribution in [0.15, 0.2) is 24.3 Å². The summed E-state index contributed by atoms with van der Waals surface area (Å²) in [6.07, 6.45) is 4.07. The van der Waals surface area contributed by atoms with Crippen molar-refractivity contribution in [3.8, 4) is 0 Å². The molecule has 1 saturated carbocycles. The molecular weight excluding hydrogens is 312 g/mol. The highest BCUT2D eigenvalue weighted by Gasteiger charge is 2.38. The van der Waals surface area contributed by atoms with Crippen molar-refractivity contribution in [2.24, 2.45) is 5.92 Å². The van der Waals surface area contributed by atoms with Gasteiger partial charge < -0.3 is 9.64 Å². The summed E-state index contributed by atoms with van der Waals surface area (Å²) in [4.78, 5) is 17.1. The van der Waals surface area contributed by atoms with E-state index in [1.54, 1.807) is 12.1 Å². The Hall–Kier alpha value is -1.10. The Morgan fingerprint density at radius 1 is 1.26 bits per heavy atom. The number of rotatable bonds is 4. The average Bonchev–Trinajstić information content (AvgIpc) is 3.30. The van der Waals surface area contributed by atoms with Crippen molar-refractivity contribution in [3.63, 3.8) is 0 Å². The first kappa shape index (κ1) is 15.4. The molecule has 2 saturated heterocycles. The maximum atomic E-state index is 12.7. The monoisotopic (exact) mass is 334 g/mol. The molecule has 1 aliphatic carbocycles. The van der Waals surface area contributed by atoms with Gasteiger partial charge in [0.1, 0.15) is 0 Å². The van der Waals surface area contributed by atoms with Gasteiger partial charge in [0, 0.05) is 49.4 Å². The first-order valence-electron chi connectivity index (χ1n) is 8.59. The zero-order valence-corrected chi connectivity index (χ0v) is 14.0. The normalized spacial score (nSPS) is 28.0. The molecule has 0 spiro atoms. The quantitative estimate of drug-likeness (QED) is 0.848. The van der Waals surface area contributed by atoms with E-state index < -0.39 is 0 Å². The van der Waals surface area contributed by atoms with E-state index in [1.807, 2.05) is 17.0 Å². The van der Waals surface area contributed by atoms with Gasteiger partial charge in [-0.2, -0.15) is 0 Å². The number of fused-ring (bicyclic) bond motifs is 1. The van der Waals surface area contributed by atoms with Crippen LogP contribution < -0.4 is 0 Å². The lowest BCUT2D eigenvalue weighted by molar-refractivity contribution is 0.0492. The fraction of sp³-hybridized carbons (Fsp3) is 0.611. The number of hydrogen-bond donors (Lipinski definition) is 0. The number of hydrogen-bond acceptors (Lipinski definition) is 3. The molecule has 23 heavy (non-hydrogen) atoms. The minimum atomic E-state index is 0.0921. The standard InChI is InChI=1S/C18H23ClN2O2/c19-15-3-1-2-14(8-15)18(22)21-7-6-20-11-17(9-16(20)10-21)23-12-13-4-5-13/h1-3,8,13,16-17H,4-7,9-12H2/t16-,17+/m0/s1. The number of amides is 1. The summed E-state index contributed by atoms with van der Waals surface area (Å²) in [5.41, 5.74) is 0.686. The second-order valence-corrected chi connectivity index (χ2v) is 7.48. The smallest absolute Gasteiger partial charge is 0.254 e. The maximum absolute atomic E-state index is 12.7. The third kappa shape index (κ3) is 3.54. The Morgan fingerprint density at radius 2 is 2.13 bits per heavy atom. The molecule has 124 valence electrons. The molecule has 1 amide bonds. The molecule has 5 heteroatoms. The second-order valence-electron chi connectivity index (χ2n) is 7.04.